The molecule has 0 aromatic carbocycles. The van der Waals surface area contributed by atoms with E-state index in [1.807, 2.05) is 0 Å². The standard InChI is InChI=1S/C12H23NO2/c1-15-9-8-13-7-6-12(14)5-3-2-4-11(12)10-13/h11,14H,2-10H2,1H3. The van der Waals surface area contributed by atoms with Crippen LogP contribution in [-0.2, 0) is 4.74 Å². The molecular formula is C12H23NO2. The minimum absolute atomic E-state index is 0.332. The Hall–Kier alpha value is -0.120. The minimum Gasteiger partial charge on any atom is -0.390 e. The lowest BCUT2D eigenvalue weighted by Gasteiger charge is -2.47. The Morgan fingerprint density at radius 3 is 3.07 bits per heavy atom. The van der Waals surface area contributed by atoms with Gasteiger partial charge in [0.15, 0.2) is 0 Å². The molecule has 15 heavy (non-hydrogen) atoms. The molecule has 1 N–H and O–H groups in total. The van der Waals surface area contributed by atoms with Crippen LogP contribution in [0.15, 0.2) is 0 Å². The van der Waals surface area contributed by atoms with Crippen LogP contribution in [0, 0.1) is 5.92 Å². The summed E-state index contributed by atoms with van der Waals surface area (Å²) in [5.74, 6) is 0.511. The third kappa shape index (κ3) is 2.52. The van der Waals surface area contributed by atoms with Crippen molar-refractivity contribution < 1.29 is 9.84 Å². The first kappa shape index (κ1) is 11.4. The van der Waals surface area contributed by atoms with Crippen LogP contribution in [-0.4, -0.2) is 49.0 Å². The quantitative estimate of drug-likeness (QED) is 0.766. The van der Waals surface area contributed by atoms with Crippen LogP contribution in [0.5, 0.6) is 0 Å². The van der Waals surface area contributed by atoms with Crippen LogP contribution >= 0.6 is 0 Å². The maximum Gasteiger partial charge on any atom is 0.0700 e. The van der Waals surface area contributed by atoms with Gasteiger partial charge in [-0.15, -0.1) is 0 Å². The van der Waals surface area contributed by atoms with Gasteiger partial charge in [-0.1, -0.05) is 12.8 Å². The first-order valence-electron chi connectivity index (χ1n) is 6.18. The molecule has 1 saturated heterocycles. The molecule has 1 heterocycles. The Kier molecular flexibility index (Phi) is 3.65. The zero-order valence-corrected chi connectivity index (χ0v) is 9.74. The van der Waals surface area contributed by atoms with Crippen molar-refractivity contribution in [2.24, 2.45) is 5.92 Å². The molecule has 2 aliphatic rings. The monoisotopic (exact) mass is 213 g/mol. The second kappa shape index (κ2) is 4.81. The third-order valence-electron chi connectivity index (χ3n) is 4.12. The average molecular weight is 213 g/mol. The molecule has 2 atom stereocenters. The maximum absolute atomic E-state index is 10.5. The van der Waals surface area contributed by atoms with Crippen molar-refractivity contribution in [1.82, 2.24) is 4.90 Å². The Morgan fingerprint density at radius 1 is 1.40 bits per heavy atom. The Labute approximate surface area is 92.4 Å². The number of methoxy groups -OCH3 is 1. The van der Waals surface area contributed by atoms with Crippen LogP contribution < -0.4 is 0 Å². The average Bonchev–Trinajstić information content (AvgIpc) is 2.26. The Bertz CT molecular complexity index is 210. The number of hydrogen-bond acceptors (Lipinski definition) is 3. The number of fused-ring (bicyclic) bond motifs is 1. The maximum atomic E-state index is 10.5. The SMILES string of the molecule is COCCN1CCC2(O)CCCCC2C1. The number of ether oxygens (including phenoxy) is 1. The minimum atomic E-state index is -0.332. The number of rotatable bonds is 3. The Morgan fingerprint density at radius 2 is 2.27 bits per heavy atom. The van der Waals surface area contributed by atoms with E-state index < -0.39 is 0 Å². The van der Waals surface area contributed by atoms with E-state index in [2.05, 4.69) is 4.90 Å². The fourth-order valence-corrected chi connectivity index (χ4v) is 3.06. The van der Waals surface area contributed by atoms with E-state index in [0.29, 0.717) is 5.92 Å². The van der Waals surface area contributed by atoms with Gasteiger partial charge in [0, 0.05) is 32.7 Å². The summed E-state index contributed by atoms with van der Waals surface area (Å²) in [4.78, 5) is 2.44. The topological polar surface area (TPSA) is 32.7 Å². The highest BCUT2D eigenvalue weighted by Gasteiger charge is 2.42. The number of nitrogens with zero attached hydrogens (tertiary/aromatic N) is 1. The van der Waals surface area contributed by atoms with Gasteiger partial charge >= 0.3 is 0 Å². The predicted octanol–water partition coefficient (Wildman–Crippen LogP) is 1.26. The number of aliphatic hydroxyl groups is 1. The van der Waals surface area contributed by atoms with Crippen LogP contribution in [0.3, 0.4) is 0 Å². The van der Waals surface area contributed by atoms with E-state index in [0.717, 1.165) is 39.1 Å². The number of likely N-dealkylation sites (tertiary alicyclic amines) is 1. The van der Waals surface area contributed by atoms with Gasteiger partial charge in [-0.2, -0.15) is 0 Å². The lowest BCUT2D eigenvalue weighted by atomic mass is 9.71. The zero-order chi connectivity index (χ0) is 10.7. The number of piperidine rings is 1. The third-order valence-corrected chi connectivity index (χ3v) is 4.12. The van der Waals surface area contributed by atoms with Gasteiger partial charge < -0.3 is 14.7 Å². The summed E-state index contributed by atoms with van der Waals surface area (Å²) in [6, 6.07) is 0. The van der Waals surface area contributed by atoms with Gasteiger partial charge in [-0.05, 0) is 19.3 Å². The zero-order valence-electron chi connectivity index (χ0n) is 9.74. The smallest absolute Gasteiger partial charge is 0.0700 e. The molecule has 1 aliphatic heterocycles. The molecule has 3 heteroatoms. The Balaban J connectivity index is 1.87. The molecule has 0 spiro atoms. The van der Waals surface area contributed by atoms with E-state index in [1.54, 1.807) is 7.11 Å². The van der Waals surface area contributed by atoms with Gasteiger partial charge in [-0.3, -0.25) is 0 Å². The molecule has 2 fully saturated rings. The summed E-state index contributed by atoms with van der Waals surface area (Å²) < 4.78 is 5.10. The van der Waals surface area contributed by atoms with Gasteiger partial charge in [0.1, 0.15) is 0 Å². The number of hydrogen-bond donors (Lipinski definition) is 1. The van der Waals surface area contributed by atoms with E-state index >= 15 is 0 Å². The molecule has 2 unspecified atom stereocenters. The fourth-order valence-electron chi connectivity index (χ4n) is 3.06. The highest BCUT2D eigenvalue weighted by atomic mass is 16.5. The summed E-state index contributed by atoms with van der Waals surface area (Å²) in [6.07, 6.45) is 5.70. The molecule has 1 saturated carbocycles. The van der Waals surface area contributed by atoms with Crippen molar-refractivity contribution in [3.63, 3.8) is 0 Å². The highest BCUT2D eigenvalue weighted by Crippen LogP contribution is 2.39. The molecule has 2 rings (SSSR count). The lowest BCUT2D eigenvalue weighted by molar-refractivity contribution is -0.0971. The fraction of sp³-hybridized carbons (Fsp3) is 1.00. The highest BCUT2D eigenvalue weighted by molar-refractivity contribution is 4.95. The van der Waals surface area contributed by atoms with Crippen LogP contribution in [0.2, 0.25) is 0 Å². The van der Waals surface area contributed by atoms with Crippen molar-refractivity contribution >= 4 is 0 Å². The van der Waals surface area contributed by atoms with Gasteiger partial charge in [0.25, 0.3) is 0 Å². The van der Waals surface area contributed by atoms with E-state index in [4.69, 9.17) is 4.74 Å². The van der Waals surface area contributed by atoms with E-state index in [1.165, 1.54) is 19.3 Å². The van der Waals surface area contributed by atoms with Gasteiger partial charge in [0.2, 0.25) is 0 Å². The summed E-state index contributed by atoms with van der Waals surface area (Å²) >= 11 is 0. The normalized spacial score (nSPS) is 37.6. The molecule has 1 aliphatic carbocycles. The van der Waals surface area contributed by atoms with Crippen molar-refractivity contribution in [2.75, 3.05) is 33.4 Å². The summed E-state index contributed by atoms with van der Waals surface area (Å²) in [6.45, 7) is 3.93. The first-order chi connectivity index (χ1) is 7.24. The summed E-state index contributed by atoms with van der Waals surface area (Å²) in [5.41, 5.74) is -0.332. The molecule has 0 aromatic heterocycles. The molecule has 88 valence electrons. The molecule has 0 amide bonds. The van der Waals surface area contributed by atoms with Crippen molar-refractivity contribution in [1.29, 1.82) is 0 Å². The second-order valence-electron chi connectivity index (χ2n) is 5.09. The van der Waals surface area contributed by atoms with E-state index in [9.17, 15) is 5.11 Å². The van der Waals surface area contributed by atoms with Crippen LogP contribution in [0.25, 0.3) is 0 Å². The van der Waals surface area contributed by atoms with Crippen molar-refractivity contribution in [3.8, 4) is 0 Å². The molecule has 0 aromatic rings. The van der Waals surface area contributed by atoms with Crippen molar-refractivity contribution in [2.45, 2.75) is 37.7 Å². The van der Waals surface area contributed by atoms with Crippen LogP contribution in [0.1, 0.15) is 32.1 Å². The molecule has 3 nitrogen and oxygen atoms in total. The van der Waals surface area contributed by atoms with Crippen LogP contribution in [0.4, 0.5) is 0 Å². The summed E-state index contributed by atoms with van der Waals surface area (Å²) in [5, 5.41) is 10.5. The largest absolute Gasteiger partial charge is 0.390 e. The predicted molar refractivity (Wildman–Crippen MR) is 59.8 cm³/mol. The van der Waals surface area contributed by atoms with E-state index in [-0.39, 0.29) is 5.60 Å². The van der Waals surface area contributed by atoms with Gasteiger partial charge in [0.05, 0.1) is 12.2 Å². The first-order valence-corrected chi connectivity index (χ1v) is 6.18. The molecular weight excluding hydrogens is 190 g/mol. The second-order valence-corrected chi connectivity index (χ2v) is 5.09. The summed E-state index contributed by atoms with van der Waals surface area (Å²) in [7, 11) is 1.75. The molecule has 0 bridgehead atoms. The lowest BCUT2D eigenvalue weighted by Crippen LogP contribution is -2.53. The van der Waals surface area contributed by atoms with Crippen molar-refractivity contribution in [3.05, 3.63) is 0 Å². The molecule has 0 radical (unpaired) electrons. The van der Waals surface area contributed by atoms with Gasteiger partial charge in [-0.25, -0.2) is 0 Å².